The molecule has 2 heterocycles. The van der Waals surface area contributed by atoms with Crippen molar-refractivity contribution in [2.45, 2.75) is 25.4 Å². The van der Waals surface area contributed by atoms with Crippen molar-refractivity contribution in [3.63, 3.8) is 0 Å². The Bertz CT molecular complexity index is 576. The molecule has 6 nitrogen and oxygen atoms in total. The van der Waals surface area contributed by atoms with Gasteiger partial charge in [-0.15, -0.1) is 11.3 Å². The third-order valence-electron chi connectivity index (χ3n) is 2.76. The lowest BCUT2D eigenvalue weighted by Gasteiger charge is -2.06. The number of carbonyl (C=O) groups is 1. The Morgan fingerprint density at radius 2 is 2.37 bits per heavy atom. The Morgan fingerprint density at radius 1 is 1.53 bits per heavy atom. The Balaban J connectivity index is 1.71. The molecule has 0 unspecified atom stereocenters. The van der Waals surface area contributed by atoms with Crippen molar-refractivity contribution >= 4 is 39.6 Å². The molecule has 0 bridgehead atoms. The first-order valence-electron chi connectivity index (χ1n) is 5.91. The number of nitrogens with two attached hydrogens (primary N) is 1. The normalized spacial score (nSPS) is 14.3. The molecule has 1 aliphatic carbocycles. The molecule has 2 aromatic rings. The largest absolute Gasteiger partial charge is 0.382 e. The maximum Gasteiger partial charge on any atom is 0.258 e. The quantitative estimate of drug-likeness (QED) is 0.780. The summed E-state index contributed by atoms with van der Waals surface area (Å²) < 4.78 is 4.05. The molecule has 0 atom stereocenters. The van der Waals surface area contributed by atoms with Gasteiger partial charge in [-0.2, -0.15) is 4.37 Å². The van der Waals surface area contributed by atoms with E-state index in [2.05, 4.69) is 20.0 Å². The van der Waals surface area contributed by atoms with E-state index in [0.29, 0.717) is 23.2 Å². The van der Waals surface area contributed by atoms with E-state index >= 15 is 0 Å². The molecule has 4 N–H and O–H groups in total. The third-order valence-corrected chi connectivity index (χ3v) is 4.36. The fourth-order valence-electron chi connectivity index (χ4n) is 1.62. The minimum absolute atomic E-state index is 0.138. The van der Waals surface area contributed by atoms with E-state index < -0.39 is 0 Å². The SMILES string of the molecule is Nc1nsc(NCc2cncs2)c1C(=O)NC1CC1. The average Bonchev–Trinajstić information content (AvgIpc) is 2.92. The standard InChI is InChI=1S/C11H13N5OS2/c12-9-8(10(17)15-6-1-2-6)11(19-16-9)14-4-7-3-13-5-18-7/h3,5-6,14H,1-2,4H2,(H2,12,16)(H,15,17). The highest BCUT2D eigenvalue weighted by Gasteiger charge is 2.27. The van der Waals surface area contributed by atoms with Gasteiger partial charge in [0.2, 0.25) is 0 Å². The predicted octanol–water partition coefficient (Wildman–Crippen LogP) is 1.69. The van der Waals surface area contributed by atoms with Gasteiger partial charge in [-0.05, 0) is 24.4 Å². The van der Waals surface area contributed by atoms with E-state index in [-0.39, 0.29) is 11.7 Å². The molecule has 3 rings (SSSR count). The first kappa shape index (κ1) is 12.4. The van der Waals surface area contributed by atoms with Crippen molar-refractivity contribution in [1.82, 2.24) is 14.7 Å². The molecule has 0 spiro atoms. The zero-order chi connectivity index (χ0) is 13.2. The highest BCUT2D eigenvalue weighted by atomic mass is 32.1. The first-order chi connectivity index (χ1) is 9.24. The van der Waals surface area contributed by atoms with E-state index in [1.54, 1.807) is 23.0 Å². The Hall–Kier alpha value is -1.67. The maximum absolute atomic E-state index is 12.1. The summed E-state index contributed by atoms with van der Waals surface area (Å²) in [5.74, 6) is 0.149. The molecule has 0 aliphatic heterocycles. The summed E-state index contributed by atoms with van der Waals surface area (Å²) in [6.07, 6.45) is 3.89. The molecule has 0 radical (unpaired) electrons. The van der Waals surface area contributed by atoms with Crippen molar-refractivity contribution in [2.24, 2.45) is 0 Å². The molecule has 1 fully saturated rings. The smallest absolute Gasteiger partial charge is 0.258 e. The van der Waals surface area contributed by atoms with Gasteiger partial charge in [0.05, 0.1) is 12.1 Å². The van der Waals surface area contributed by atoms with Gasteiger partial charge in [0.15, 0.2) is 5.82 Å². The van der Waals surface area contributed by atoms with Gasteiger partial charge in [0, 0.05) is 17.1 Å². The molecule has 0 aromatic carbocycles. The van der Waals surface area contributed by atoms with Crippen LogP contribution in [0.25, 0.3) is 0 Å². The van der Waals surface area contributed by atoms with Gasteiger partial charge in [-0.3, -0.25) is 9.78 Å². The average molecular weight is 295 g/mol. The van der Waals surface area contributed by atoms with Crippen LogP contribution in [0.3, 0.4) is 0 Å². The van der Waals surface area contributed by atoms with Crippen LogP contribution in [0.5, 0.6) is 0 Å². The molecular weight excluding hydrogens is 282 g/mol. The van der Waals surface area contributed by atoms with Crippen LogP contribution in [0.1, 0.15) is 28.1 Å². The minimum atomic E-state index is -0.138. The second kappa shape index (κ2) is 5.14. The molecule has 0 saturated heterocycles. The van der Waals surface area contributed by atoms with E-state index in [1.807, 2.05) is 0 Å². The van der Waals surface area contributed by atoms with Gasteiger partial charge in [0.1, 0.15) is 10.6 Å². The summed E-state index contributed by atoms with van der Waals surface area (Å²) in [6, 6.07) is 0.307. The zero-order valence-electron chi connectivity index (χ0n) is 10.0. The molecule has 1 amide bonds. The lowest BCUT2D eigenvalue weighted by molar-refractivity contribution is 0.0953. The predicted molar refractivity (Wildman–Crippen MR) is 76.5 cm³/mol. The molecule has 1 saturated carbocycles. The molecular formula is C11H13N5OS2. The van der Waals surface area contributed by atoms with Gasteiger partial charge in [0.25, 0.3) is 5.91 Å². The summed E-state index contributed by atoms with van der Waals surface area (Å²) in [5, 5.41) is 6.84. The van der Waals surface area contributed by atoms with Crippen molar-refractivity contribution < 1.29 is 4.79 Å². The number of anilines is 2. The van der Waals surface area contributed by atoms with Crippen LogP contribution >= 0.6 is 22.9 Å². The number of hydrogen-bond acceptors (Lipinski definition) is 7. The number of thiazole rings is 1. The molecule has 8 heteroatoms. The van der Waals surface area contributed by atoms with Crippen molar-refractivity contribution in [3.05, 3.63) is 22.1 Å². The second-order valence-corrected chi connectivity index (χ2v) is 6.09. The summed E-state index contributed by atoms with van der Waals surface area (Å²) in [7, 11) is 0. The molecule has 2 aromatic heterocycles. The fourth-order valence-corrected chi connectivity index (χ4v) is 2.87. The summed E-state index contributed by atoms with van der Waals surface area (Å²) in [5.41, 5.74) is 8.01. The number of nitrogen functional groups attached to an aromatic ring is 1. The van der Waals surface area contributed by atoms with E-state index in [4.69, 9.17) is 5.73 Å². The lowest BCUT2D eigenvalue weighted by Crippen LogP contribution is -2.26. The van der Waals surface area contributed by atoms with Crippen molar-refractivity contribution in [1.29, 1.82) is 0 Å². The van der Waals surface area contributed by atoms with E-state index in [9.17, 15) is 4.79 Å². The fraction of sp³-hybridized carbons (Fsp3) is 0.364. The van der Waals surface area contributed by atoms with Crippen LogP contribution in [0.15, 0.2) is 11.7 Å². The second-order valence-electron chi connectivity index (χ2n) is 4.34. The number of aromatic nitrogens is 2. The van der Waals surface area contributed by atoms with Gasteiger partial charge >= 0.3 is 0 Å². The van der Waals surface area contributed by atoms with Crippen LogP contribution in [-0.4, -0.2) is 21.3 Å². The van der Waals surface area contributed by atoms with Crippen LogP contribution in [0, 0.1) is 0 Å². The van der Waals surface area contributed by atoms with Crippen LogP contribution in [0.4, 0.5) is 10.8 Å². The van der Waals surface area contributed by atoms with E-state index in [0.717, 1.165) is 17.7 Å². The van der Waals surface area contributed by atoms with Gasteiger partial charge < -0.3 is 16.4 Å². The number of rotatable bonds is 5. The highest BCUT2D eigenvalue weighted by molar-refractivity contribution is 7.11. The van der Waals surface area contributed by atoms with Crippen LogP contribution in [-0.2, 0) is 6.54 Å². The topological polar surface area (TPSA) is 92.9 Å². The van der Waals surface area contributed by atoms with Crippen molar-refractivity contribution in [3.8, 4) is 0 Å². The van der Waals surface area contributed by atoms with Crippen LogP contribution < -0.4 is 16.4 Å². The number of nitrogens with one attached hydrogen (secondary N) is 2. The molecule has 100 valence electrons. The molecule has 19 heavy (non-hydrogen) atoms. The third kappa shape index (κ3) is 2.85. The minimum Gasteiger partial charge on any atom is -0.382 e. The summed E-state index contributed by atoms with van der Waals surface area (Å²) >= 11 is 2.77. The lowest BCUT2D eigenvalue weighted by atomic mass is 10.3. The zero-order valence-corrected chi connectivity index (χ0v) is 11.7. The number of hydrogen-bond donors (Lipinski definition) is 3. The number of amides is 1. The Kier molecular flexibility index (Phi) is 3.34. The van der Waals surface area contributed by atoms with Gasteiger partial charge in [-0.1, -0.05) is 0 Å². The molecule has 1 aliphatic rings. The maximum atomic E-state index is 12.1. The monoisotopic (exact) mass is 295 g/mol. The highest BCUT2D eigenvalue weighted by Crippen LogP contribution is 2.29. The summed E-state index contributed by atoms with van der Waals surface area (Å²) in [6.45, 7) is 0.621. The Labute approximate surface area is 118 Å². The van der Waals surface area contributed by atoms with Gasteiger partial charge in [-0.25, -0.2) is 0 Å². The van der Waals surface area contributed by atoms with E-state index in [1.165, 1.54) is 11.5 Å². The number of carbonyl (C=O) groups excluding carboxylic acids is 1. The van der Waals surface area contributed by atoms with Crippen molar-refractivity contribution in [2.75, 3.05) is 11.1 Å². The first-order valence-corrected chi connectivity index (χ1v) is 7.56. The summed E-state index contributed by atoms with van der Waals surface area (Å²) in [4.78, 5) is 17.2. The van der Waals surface area contributed by atoms with Crippen LogP contribution in [0.2, 0.25) is 0 Å². The Morgan fingerprint density at radius 3 is 3.05 bits per heavy atom. The number of nitrogens with zero attached hydrogens (tertiary/aromatic N) is 2.